The monoisotopic (exact) mass is 365 g/mol. The van der Waals surface area contributed by atoms with E-state index >= 15 is 0 Å². The Morgan fingerprint density at radius 3 is 2.48 bits per heavy atom. The van der Waals surface area contributed by atoms with Gasteiger partial charge in [-0.15, -0.1) is 0 Å². The van der Waals surface area contributed by atoms with E-state index < -0.39 is 20.9 Å². The third kappa shape index (κ3) is 3.47. The zero-order valence-electron chi connectivity index (χ0n) is 15.1. The largest absolute Gasteiger partial charge is 0.451 e. The number of carbonyl (C=O) groups excluding carboxylic acids is 1. The van der Waals surface area contributed by atoms with Gasteiger partial charge in [-0.3, -0.25) is 0 Å². The summed E-state index contributed by atoms with van der Waals surface area (Å²) in [6, 6.07) is 7.66. The van der Waals surface area contributed by atoms with Crippen LogP contribution in [0.4, 0.5) is 0 Å². The molecule has 1 N–H and O–H groups in total. The lowest BCUT2D eigenvalue weighted by Gasteiger charge is -2.38. The van der Waals surface area contributed by atoms with Crippen molar-refractivity contribution in [3.63, 3.8) is 0 Å². The first-order chi connectivity index (χ1) is 11.8. The Morgan fingerprint density at radius 1 is 1.20 bits per heavy atom. The van der Waals surface area contributed by atoms with Crippen molar-refractivity contribution < 1.29 is 17.9 Å². The summed E-state index contributed by atoms with van der Waals surface area (Å²) in [6.07, 6.45) is 3.49. The van der Waals surface area contributed by atoms with Crippen molar-refractivity contribution in [1.82, 2.24) is 4.72 Å². The molecular formula is C19H27NO4S. The standard InChI is InChI=1S/C19H27NO4S/c1-13(2)25(22,23)20-12-14(3)15-8-10-19(11-9-15)17-7-5-4-6-16(17)18(21)24-19/h4-7,13-15,20H,8-12H2,1-3H3. The van der Waals surface area contributed by atoms with E-state index in [-0.39, 0.29) is 11.9 Å². The fourth-order valence-corrected chi connectivity index (χ4v) is 4.80. The fraction of sp³-hybridized carbons (Fsp3) is 0.632. The molecule has 0 amide bonds. The van der Waals surface area contributed by atoms with Crippen LogP contribution < -0.4 is 4.72 Å². The molecule has 5 nitrogen and oxygen atoms in total. The second-order valence-electron chi connectivity index (χ2n) is 7.69. The highest BCUT2D eigenvalue weighted by Gasteiger charge is 2.47. The van der Waals surface area contributed by atoms with Crippen molar-refractivity contribution in [3.05, 3.63) is 35.4 Å². The van der Waals surface area contributed by atoms with Crippen LogP contribution in [-0.2, 0) is 20.4 Å². The molecule has 6 heteroatoms. The van der Waals surface area contributed by atoms with Crippen LogP contribution >= 0.6 is 0 Å². The molecule has 1 aliphatic heterocycles. The number of fused-ring (bicyclic) bond motifs is 2. The maximum absolute atomic E-state index is 12.1. The van der Waals surface area contributed by atoms with Gasteiger partial charge in [0.1, 0.15) is 5.60 Å². The number of benzene rings is 1. The van der Waals surface area contributed by atoms with Crippen LogP contribution in [0.15, 0.2) is 24.3 Å². The zero-order valence-corrected chi connectivity index (χ0v) is 15.9. The summed E-state index contributed by atoms with van der Waals surface area (Å²) in [5.74, 6) is 0.483. The van der Waals surface area contributed by atoms with E-state index in [4.69, 9.17) is 4.74 Å². The first-order valence-corrected chi connectivity index (χ1v) is 10.6. The molecule has 1 atom stereocenters. The number of hydrogen-bond donors (Lipinski definition) is 1. The molecule has 0 radical (unpaired) electrons. The number of hydrogen-bond acceptors (Lipinski definition) is 4. The molecule has 1 spiro atoms. The number of nitrogens with one attached hydrogen (secondary N) is 1. The molecule has 1 unspecified atom stereocenters. The summed E-state index contributed by atoms with van der Waals surface area (Å²) in [5.41, 5.74) is 1.24. The summed E-state index contributed by atoms with van der Waals surface area (Å²) >= 11 is 0. The molecule has 1 aromatic carbocycles. The molecular weight excluding hydrogens is 338 g/mol. The van der Waals surface area contributed by atoms with Gasteiger partial charge < -0.3 is 4.74 Å². The number of esters is 1. The highest BCUT2D eigenvalue weighted by Crippen LogP contribution is 2.49. The second kappa shape index (κ2) is 6.72. The van der Waals surface area contributed by atoms with Crippen LogP contribution in [0.25, 0.3) is 0 Å². The van der Waals surface area contributed by atoms with E-state index in [0.717, 1.165) is 31.2 Å². The van der Waals surface area contributed by atoms with E-state index in [9.17, 15) is 13.2 Å². The first-order valence-electron chi connectivity index (χ1n) is 9.06. The second-order valence-corrected chi connectivity index (χ2v) is 10.0. The minimum absolute atomic E-state index is 0.216. The number of carbonyl (C=O) groups is 1. The summed E-state index contributed by atoms with van der Waals surface area (Å²) in [5, 5.41) is -0.413. The molecule has 1 saturated carbocycles. The molecule has 0 aromatic heterocycles. The Hall–Kier alpha value is -1.40. The third-order valence-electron chi connectivity index (χ3n) is 5.80. The average Bonchev–Trinajstić information content (AvgIpc) is 2.86. The van der Waals surface area contributed by atoms with Crippen LogP contribution in [0.1, 0.15) is 62.4 Å². The summed E-state index contributed by atoms with van der Waals surface area (Å²) < 4.78 is 32.4. The quantitative estimate of drug-likeness (QED) is 0.813. The van der Waals surface area contributed by atoms with Gasteiger partial charge in [-0.25, -0.2) is 17.9 Å². The van der Waals surface area contributed by atoms with Crippen molar-refractivity contribution in [3.8, 4) is 0 Å². The van der Waals surface area contributed by atoms with Gasteiger partial charge in [0.05, 0.1) is 10.8 Å². The van der Waals surface area contributed by atoms with E-state index in [1.165, 1.54) is 0 Å². The van der Waals surface area contributed by atoms with E-state index in [1.807, 2.05) is 24.3 Å². The van der Waals surface area contributed by atoms with E-state index in [1.54, 1.807) is 13.8 Å². The number of ether oxygens (including phenoxy) is 1. The Labute approximate surface area is 150 Å². The van der Waals surface area contributed by atoms with Crippen molar-refractivity contribution in [1.29, 1.82) is 0 Å². The molecule has 1 aromatic rings. The van der Waals surface area contributed by atoms with Crippen molar-refractivity contribution >= 4 is 16.0 Å². The first kappa shape index (κ1) is 18.4. The van der Waals surface area contributed by atoms with Gasteiger partial charge in [0, 0.05) is 12.1 Å². The van der Waals surface area contributed by atoms with Crippen molar-refractivity contribution in [2.24, 2.45) is 11.8 Å². The lowest BCUT2D eigenvalue weighted by molar-refractivity contribution is -0.0398. The predicted octanol–water partition coefficient (Wildman–Crippen LogP) is 3.21. The predicted molar refractivity (Wildman–Crippen MR) is 96.7 cm³/mol. The molecule has 0 bridgehead atoms. The fourth-order valence-electron chi connectivity index (χ4n) is 3.97. The average molecular weight is 365 g/mol. The van der Waals surface area contributed by atoms with E-state index in [0.29, 0.717) is 18.0 Å². The van der Waals surface area contributed by atoms with Gasteiger partial charge in [-0.2, -0.15) is 0 Å². The van der Waals surface area contributed by atoms with Crippen LogP contribution in [0.2, 0.25) is 0 Å². The Morgan fingerprint density at radius 2 is 1.84 bits per heavy atom. The van der Waals surface area contributed by atoms with Gasteiger partial charge in [0.15, 0.2) is 0 Å². The molecule has 2 aliphatic rings. The summed E-state index contributed by atoms with van der Waals surface area (Å²) in [4.78, 5) is 12.1. The SMILES string of the molecule is CC(CNS(=O)(=O)C(C)C)C1CCC2(CC1)OC(=O)c1ccccc12. The molecule has 138 valence electrons. The Bertz CT molecular complexity index is 748. The number of sulfonamides is 1. The van der Waals surface area contributed by atoms with Crippen molar-refractivity contribution in [2.45, 2.75) is 57.3 Å². The summed E-state index contributed by atoms with van der Waals surface area (Å²) in [7, 11) is -3.22. The van der Waals surface area contributed by atoms with Crippen LogP contribution in [0.3, 0.4) is 0 Å². The Kier molecular flexibility index (Phi) is 4.95. The summed E-state index contributed by atoms with van der Waals surface area (Å²) in [6.45, 7) is 5.93. The molecule has 1 heterocycles. The molecule has 1 aliphatic carbocycles. The normalized spacial score (nSPS) is 27.4. The highest BCUT2D eigenvalue weighted by atomic mass is 32.2. The van der Waals surface area contributed by atoms with Crippen LogP contribution in [0, 0.1) is 11.8 Å². The topological polar surface area (TPSA) is 72.5 Å². The zero-order chi connectivity index (χ0) is 18.2. The molecule has 25 heavy (non-hydrogen) atoms. The van der Waals surface area contributed by atoms with Gasteiger partial charge >= 0.3 is 5.97 Å². The van der Waals surface area contributed by atoms with Gasteiger partial charge in [0.2, 0.25) is 10.0 Å². The minimum Gasteiger partial charge on any atom is -0.451 e. The Balaban J connectivity index is 1.62. The molecule has 3 rings (SSSR count). The molecule has 0 saturated heterocycles. The van der Waals surface area contributed by atoms with Crippen LogP contribution in [0.5, 0.6) is 0 Å². The van der Waals surface area contributed by atoms with Gasteiger partial charge in [-0.05, 0) is 57.4 Å². The minimum atomic E-state index is -3.22. The van der Waals surface area contributed by atoms with Gasteiger partial charge in [0.25, 0.3) is 0 Å². The van der Waals surface area contributed by atoms with Gasteiger partial charge in [-0.1, -0.05) is 25.1 Å². The maximum Gasteiger partial charge on any atom is 0.339 e. The lowest BCUT2D eigenvalue weighted by atomic mass is 9.71. The van der Waals surface area contributed by atoms with Crippen LogP contribution in [-0.4, -0.2) is 26.2 Å². The lowest BCUT2D eigenvalue weighted by Crippen LogP contribution is -2.38. The molecule has 1 fully saturated rings. The van der Waals surface area contributed by atoms with Crippen molar-refractivity contribution in [2.75, 3.05) is 6.54 Å². The maximum atomic E-state index is 12.1. The van der Waals surface area contributed by atoms with E-state index in [2.05, 4.69) is 11.6 Å². The smallest absolute Gasteiger partial charge is 0.339 e. The third-order valence-corrected chi connectivity index (χ3v) is 7.61. The highest BCUT2D eigenvalue weighted by molar-refractivity contribution is 7.90. The number of rotatable bonds is 5.